The lowest BCUT2D eigenvalue weighted by atomic mass is 10.1. The minimum Gasteiger partial charge on any atom is -0.479 e. The molecule has 0 saturated heterocycles. The Labute approximate surface area is 166 Å². The molecule has 0 bridgehead atoms. The van der Waals surface area contributed by atoms with E-state index in [2.05, 4.69) is 67.7 Å². The maximum Gasteiger partial charge on any atom is 0.332 e. The average molecular weight is 375 g/mol. The van der Waals surface area contributed by atoms with Crippen molar-refractivity contribution in [2.75, 3.05) is 6.61 Å². The van der Waals surface area contributed by atoms with E-state index in [-0.39, 0.29) is 0 Å². The molecular formula is C24H38O3. The number of carboxylic acids is 1. The molecule has 1 N–H and O–H groups in total. The first-order valence-electron chi connectivity index (χ1n) is 10.3. The molecule has 0 aliphatic carbocycles. The van der Waals surface area contributed by atoms with Gasteiger partial charge in [-0.1, -0.05) is 67.7 Å². The van der Waals surface area contributed by atoms with E-state index in [9.17, 15) is 4.79 Å². The maximum atomic E-state index is 10.9. The highest BCUT2D eigenvalue weighted by atomic mass is 16.5. The van der Waals surface area contributed by atoms with E-state index < -0.39 is 12.1 Å². The van der Waals surface area contributed by atoms with Gasteiger partial charge in [0, 0.05) is 6.61 Å². The summed E-state index contributed by atoms with van der Waals surface area (Å²) in [5, 5.41) is 8.99. The molecule has 0 saturated carbocycles. The summed E-state index contributed by atoms with van der Waals surface area (Å²) in [6, 6.07) is 0. The van der Waals surface area contributed by atoms with Crippen LogP contribution in [-0.4, -0.2) is 23.8 Å². The second-order valence-corrected chi connectivity index (χ2v) is 6.27. The van der Waals surface area contributed by atoms with Crippen LogP contribution in [0.2, 0.25) is 0 Å². The standard InChI is InChI=1S/C24H38O3/c1-3-5-6-7-8-9-10-11-12-13-14-15-16-17-18-19-20-21-22-23(24(25)26)27-4-2/h5-6,8-9,11-12,14-15,17-18,23H,3-4,7,10,13,16,19-22H2,1-2H3,(H,25,26)/b6-5-,9-8-,12-11-,15-14-,18-17-. The zero-order chi connectivity index (χ0) is 20.0. The number of aliphatic carboxylic acids is 1. The summed E-state index contributed by atoms with van der Waals surface area (Å²) >= 11 is 0. The Balaban J connectivity index is 3.58. The second-order valence-electron chi connectivity index (χ2n) is 6.27. The zero-order valence-electron chi connectivity index (χ0n) is 17.2. The number of unbranched alkanes of at least 4 members (excludes halogenated alkanes) is 2. The van der Waals surface area contributed by atoms with Crippen LogP contribution < -0.4 is 0 Å². The van der Waals surface area contributed by atoms with Crippen LogP contribution in [0.1, 0.15) is 71.6 Å². The molecule has 152 valence electrons. The van der Waals surface area contributed by atoms with Gasteiger partial charge in [0.05, 0.1) is 0 Å². The third-order valence-electron chi connectivity index (χ3n) is 3.89. The van der Waals surface area contributed by atoms with Crippen LogP contribution in [0, 0.1) is 0 Å². The quantitative estimate of drug-likeness (QED) is 0.225. The maximum absolute atomic E-state index is 10.9. The average Bonchev–Trinajstić information content (AvgIpc) is 2.66. The Morgan fingerprint density at radius 3 is 1.70 bits per heavy atom. The summed E-state index contributed by atoms with van der Waals surface area (Å²) in [5.41, 5.74) is 0. The van der Waals surface area contributed by atoms with Crippen molar-refractivity contribution in [3.63, 3.8) is 0 Å². The van der Waals surface area contributed by atoms with E-state index in [1.54, 1.807) is 0 Å². The van der Waals surface area contributed by atoms with Crippen LogP contribution in [0.15, 0.2) is 60.8 Å². The molecule has 1 unspecified atom stereocenters. The number of ether oxygens (including phenoxy) is 1. The fourth-order valence-corrected chi connectivity index (χ4v) is 2.44. The molecule has 1 atom stereocenters. The number of carbonyl (C=O) groups is 1. The molecule has 0 rings (SSSR count). The number of hydrogen-bond donors (Lipinski definition) is 1. The molecule has 3 nitrogen and oxygen atoms in total. The van der Waals surface area contributed by atoms with Crippen molar-refractivity contribution in [1.29, 1.82) is 0 Å². The van der Waals surface area contributed by atoms with Crippen molar-refractivity contribution < 1.29 is 14.6 Å². The van der Waals surface area contributed by atoms with Gasteiger partial charge in [0.25, 0.3) is 0 Å². The van der Waals surface area contributed by atoms with Gasteiger partial charge in [-0.15, -0.1) is 0 Å². The van der Waals surface area contributed by atoms with Crippen molar-refractivity contribution in [1.82, 2.24) is 0 Å². The first-order chi connectivity index (χ1) is 13.2. The van der Waals surface area contributed by atoms with Gasteiger partial charge in [0.1, 0.15) is 0 Å². The molecular weight excluding hydrogens is 336 g/mol. The van der Waals surface area contributed by atoms with E-state index in [1.807, 2.05) is 6.92 Å². The van der Waals surface area contributed by atoms with Crippen molar-refractivity contribution in [2.45, 2.75) is 77.7 Å². The monoisotopic (exact) mass is 374 g/mol. The Hall–Kier alpha value is -1.87. The number of allylic oxidation sites excluding steroid dienone is 10. The molecule has 0 heterocycles. The van der Waals surface area contributed by atoms with Gasteiger partial charge < -0.3 is 9.84 Å². The molecule has 0 aromatic rings. The van der Waals surface area contributed by atoms with Crippen LogP contribution in [0.5, 0.6) is 0 Å². The van der Waals surface area contributed by atoms with E-state index >= 15 is 0 Å². The van der Waals surface area contributed by atoms with Crippen LogP contribution in [0.4, 0.5) is 0 Å². The molecule has 0 fully saturated rings. The summed E-state index contributed by atoms with van der Waals surface area (Å²) < 4.78 is 5.20. The van der Waals surface area contributed by atoms with Gasteiger partial charge in [-0.3, -0.25) is 0 Å². The number of carboxylic acid groups (broad SMARTS) is 1. The van der Waals surface area contributed by atoms with Crippen molar-refractivity contribution in [3.8, 4) is 0 Å². The summed E-state index contributed by atoms with van der Waals surface area (Å²) in [6.45, 7) is 4.42. The lowest BCUT2D eigenvalue weighted by molar-refractivity contribution is -0.150. The summed E-state index contributed by atoms with van der Waals surface area (Å²) in [5.74, 6) is -0.855. The fraction of sp³-hybridized carbons (Fsp3) is 0.542. The lowest BCUT2D eigenvalue weighted by Crippen LogP contribution is -2.23. The van der Waals surface area contributed by atoms with Gasteiger partial charge in [0.15, 0.2) is 6.10 Å². The van der Waals surface area contributed by atoms with Crippen molar-refractivity contribution in [2.24, 2.45) is 0 Å². The minimum atomic E-state index is -0.855. The first kappa shape index (κ1) is 25.1. The second kappa shape index (κ2) is 20.4. The van der Waals surface area contributed by atoms with Crippen molar-refractivity contribution >= 4 is 5.97 Å². The van der Waals surface area contributed by atoms with E-state index in [4.69, 9.17) is 9.84 Å². The van der Waals surface area contributed by atoms with Gasteiger partial charge >= 0.3 is 5.97 Å². The van der Waals surface area contributed by atoms with Crippen LogP contribution in [-0.2, 0) is 9.53 Å². The predicted octanol–water partition coefficient (Wildman–Crippen LogP) is 6.79. The molecule has 0 aliphatic rings. The number of rotatable bonds is 17. The minimum absolute atomic E-state index is 0.450. The van der Waals surface area contributed by atoms with E-state index in [0.717, 1.165) is 51.4 Å². The number of hydrogen-bond acceptors (Lipinski definition) is 2. The molecule has 27 heavy (non-hydrogen) atoms. The summed E-state index contributed by atoms with van der Waals surface area (Å²) in [6.07, 6.45) is 29.8. The Morgan fingerprint density at radius 1 is 0.778 bits per heavy atom. The SMILES string of the molecule is CC/C=C\C/C=C\C/C=C\C/C=C\C/C=C\CCCCC(OCC)C(=O)O. The van der Waals surface area contributed by atoms with E-state index in [0.29, 0.717) is 13.0 Å². The highest BCUT2D eigenvalue weighted by Gasteiger charge is 2.15. The lowest BCUT2D eigenvalue weighted by Gasteiger charge is -2.11. The van der Waals surface area contributed by atoms with Gasteiger partial charge in [-0.25, -0.2) is 4.79 Å². The molecule has 0 spiro atoms. The molecule has 0 radical (unpaired) electrons. The van der Waals surface area contributed by atoms with Crippen LogP contribution in [0.25, 0.3) is 0 Å². The van der Waals surface area contributed by atoms with Crippen molar-refractivity contribution in [3.05, 3.63) is 60.8 Å². The molecule has 0 aliphatic heterocycles. The molecule has 0 aromatic carbocycles. The smallest absolute Gasteiger partial charge is 0.332 e. The molecule has 0 amide bonds. The van der Waals surface area contributed by atoms with Gasteiger partial charge in [-0.2, -0.15) is 0 Å². The highest BCUT2D eigenvalue weighted by Crippen LogP contribution is 2.08. The Kier molecular flexibility index (Phi) is 19.0. The van der Waals surface area contributed by atoms with Crippen LogP contribution in [0.3, 0.4) is 0 Å². The highest BCUT2D eigenvalue weighted by molar-refractivity contribution is 5.72. The molecule has 0 aromatic heterocycles. The Bertz CT molecular complexity index is 484. The largest absolute Gasteiger partial charge is 0.479 e. The zero-order valence-corrected chi connectivity index (χ0v) is 17.2. The topological polar surface area (TPSA) is 46.5 Å². The van der Waals surface area contributed by atoms with Crippen LogP contribution >= 0.6 is 0 Å². The first-order valence-corrected chi connectivity index (χ1v) is 10.3. The van der Waals surface area contributed by atoms with Gasteiger partial charge in [-0.05, 0) is 64.7 Å². The summed E-state index contributed by atoms with van der Waals surface area (Å²) in [7, 11) is 0. The normalized spacial score (nSPS) is 13.9. The molecule has 3 heteroatoms. The third-order valence-corrected chi connectivity index (χ3v) is 3.89. The van der Waals surface area contributed by atoms with Gasteiger partial charge in [0.2, 0.25) is 0 Å². The summed E-state index contributed by atoms with van der Waals surface area (Å²) in [4.78, 5) is 10.9. The Morgan fingerprint density at radius 2 is 1.26 bits per heavy atom. The van der Waals surface area contributed by atoms with E-state index in [1.165, 1.54) is 0 Å². The predicted molar refractivity (Wildman–Crippen MR) is 116 cm³/mol. The third kappa shape index (κ3) is 18.7. The fourth-order valence-electron chi connectivity index (χ4n) is 2.44.